The molecule has 0 radical (unpaired) electrons. The molecular weight excluding hydrogens is 375 g/mol. The Morgan fingerprint density at radius 3 is 2.92 bits per heavy atom. The van der Waals surface area contributed by atoms with E-state index in [0.717, 1.165) is 17.0 Å². The molecule has 0 aliphatic carbocycles. The third-order valence-electron chi connectivity index (χ3n) is 3.73. The highest BCUT2D eigenvalue weighted by Gasteiger charge is 2.14. The molecule has 0 aliphatic heterocycles. The van der Waals surface area contributed by atoms with Crippen molar-refractivity contribution in [2.75, 3.05) is 0 Å². The second kappa shape index (κ2) is 6.86. The van der Waals surface area contributed by atoms with E-state index in [1.807, 2.05) is 0 Å². The fourth-order valence-corrected chi connectivity index (χ4v) is 3.53. The Kier molecular flexibility index (Phi) is 4.40. The van der Waals surface area contributed by atoms with Gasteiger partial charge in [-0.25, -0.2) is 14.4 Å². The lowest BCUT2D eigenvalue weighted by molar-refractivity contribution is 0.0954. The van der Waals surface area contributed by atoms with Crippen molar-refractivity contribution in [2.45, 2.75) is 6.54 Å². The molecule has 0 bridgehead atoms. The zero-order valence-corrected chi connectivity index (χ0v) is 14.9. The van der Waals surface area contributed by atoms with Crippen molar-refractivity contribution in [3.63, 3.8) is 0 Å². The third-order valence-corrected chi connectivity index (χ3v) is 4.98. The van der Waals surface area contributed by atoms with E-state index < -0.39 is 0 Å². The van der Waals surface area contributed by atoms with Gasteiger partial charge in [-0.05, 0) is 24.3 Å². The Morgan fingerprint density at radius 2 is 2.08 bits per heavy atom. The van der Waals surface area contributed by atoms with E-state index in [0.29, 0.717) is 26.2 Å². The highest BCUT2D eigenvalue weighted by molar-refractivity contribution is 7.16. The molecule has 0 fully saturated rings. The number of hydrogen-bond acceptors (Lipinski definition) is 4. The van der Waals surface area contributed by atoms with Gasteiger partial charge >= 0.3 is 0 Å². The van der Waals surface area contributed by atoms with Crippen molar-refractivity contribution in [1.29, 1.82) is 0 Å². The molecule has 4 aromatic rings. The first-order chi connectivity index (χ1) is 12.6. The first kappa shape index (κ1) is 16.7. The summed E-state index contributed by atoms with van der Waals surface area (Å²) in [7, 11) is 0. The lowest BCUT2D eigenvalue weighted by Crippen LogP contribution is -2.21. The van der Waals surface area contributed by atoms with Crippen LogP contribution in [0.2, 0.25) is 5.02 Å². The summed E-state index contributed by atoms with van der Waals surface area (Å²) in [6.07, 6.45) is 5.00. The zero-order valence-electron chi connectivity index (χ0n) is 13.3. The summed E-state index contributed by atoms with van der Waals surface area (Å²) in [5, 5.41) is 3.87. The van der Waals surface area contributed by atoms with Crippen LogP contribution in [0.5, 0.6) is 0 Å². The molecule has 3 heterocycles. The van der Waals surface area contributed by atoms with Gasteiger partial charge in [0.25, 0.3) is 5.91 Å². The van der Waals surface area contributed by atoms with Crippen LogP contribution in [-0.4, -0.2) is 20.3 Å². The summed E-state index contributed by atoms with van der Waals surface area (Å²) in [6, 6.07) is 9.91. The van der Waals surface area contributed by atoms with Crippen molar-refractivity contribution in [3.05, 3.63) is 76.4 Å². The van der Waals surface area contributed by atoms with Crippen LogP contribution in [0.15, 0.2) is 55.0 Å². The number of rotatable bonds is 4. The minimum absolute atomic E-state index is 0.269. The Balaban J connectivity index is 1.47. The minimum atomic E-state index is -0.364. The fraction of sp³-hybridized carbons (Fsp3) is 0.0556. The topological polar surface area (TPSA) is 59.3 Å². The van der Waals surface area contributed by atoms with Crippen LogP contribution in [0.3, 0.4) is 0 Å². The van der Waals surface area contributed by atoms with E-state index in [2.05, 4.69) is 15.3 Å². The number of hydrogen-bond donors (Lipinski definition) is 1. The molecule has 26 heavy (non-hydrogen) atoms. The van der Waals surface area contributed by atoms with Crippen molar-refractivity contribution >= 4 is 34.5 Å². The molecule has 0 saturated heterocycles. The predicted octanol–water partition coefficient (Wildman–Crippen LogP) is 4.18. The molecule has 0 saturated carbocycles. The average Bonchev–Trinajstić information content (AvgIpc) is 3.26. The number of imidazole rings is 1. The van der Waals surface area contributed by atoms with E-state index in [1.165, 1.54) is 12.3 Å². The number of fused-ring (bicyclic) bond motifs is 1. The first-order valence-corrected chi connectivity index (χ1v) is 8.91. The Morgan fingerprint density at radius 1 is 1.23 bits per heavy atom. The minimum Gasteiger partial charge on any atom is -0.346 e. The molecule has 0 aliphatic rings. The molecule has 0 spiro atoms. The average molecular weight is 387 g/mol. The largest absolute Gasteiger partial charge is 0.346 e. The molecule has 8 heteroatoms. The van der Waals surface area contributed by atoms with Gasteiger partial charge in [-0.1, -0.05) is 23.7 Å². The maximum atomic E-state index is 13.8. The highest BCUT2D eigenvalue weighted by Crippen LogP contribution is 2.27. The van der Waals surface area contributed by atoms with Crippen LogP contribution >= 0.6 is 22.9 Å². The number of nitrogens with one attached hydrogen (secondary N) is 1. The Bertz CT molecular complexity index is 1110. The molecule has 5 nitrogen and oxygen atoms in total. The van der Waals surface area contributed by atoms with E-state index in [-0.39, 0.29) is 18.3 Å². The van der Waals surface area contributed by atoms with Gasteiger partial charge in [-0.3, -0.25) is 4.79 Å². The number of thiazole rings is 1. The summed E-state index contributed by atoms with van der Waals surface area (Å²) in [5.74, 6) is -0.641. The lowest BCUT2D eigenvalue weighted by Gasteiger charge is -2.00. The third kappa shape index (κ3) is 3.31. The van der Waals surface area contributed by atoms with E-state index >= 15 is 0 Å². The lowest BCUT2D eigenvalue weighted by atomic mass is 10.2. The van der Waals surface area contributed by atoms with Gasteiger partial charge in [0.2, 0.25) is 0 Å². The number of amides is 1. The van der Waals surface area contributed by atoms with E-state index in [4.69, 9.17) is 11.6 Å². The van der Waals surface area contributed by atoms with E-state index in [1.54, 1.807) is 47.1 Å². The van der Waals surface area contributed by atoms with Gasteiger partial charge in [0, 0.05) is 18.0 Å². The van der Waals surface area contributed by atoms with Gasteiger partial charge in [0.05, 0.1) is 23.5 Å². The molecule has 0 atom stereocenters. The maximum absolute atomic E-state index is 13.8. The number of carbonyl (C=O) groups excluding carboxylic acids is 1. The van der Waals surface area contributed by atoms with Crippen molar-refractivity contribution < 1.29 is 9.18 Å². The molecule has 0 unspecified atom stereocenters. The fourth-order valence-electron chi connectivity index (χ4n) is 2.50. The van der Waals surface area contributed by atoms with Gasteiger partial charge < -0.3 is 9.72 Å². The number of halogens is 2. The first-order valence-electron chi connectivity index (χ1n) is 7.72. The van der Waals surface area contributed by atoms with Gasteiger partial charge in [0.1, 0.15) is 21.3 Å². The van der Waals surface area contributed by atoms with Crippen molar-refractivity contribution in [2.24, 2.45) is 0 Å². The van der Waals surface area contributed by atoms with Crippen LogP contribution in [0, 0.1) is 5.82 Å². The zero-order chi connectivity index (χ0) is 18.1. The summed E-state index contributed by atoms with van der Waals surface area (Å²) in [6.45, 7) is 0.269. The van der Waals surface area contributed by atoms with Gasteiger partial charge in [-0.15, -0.1) is 11.3 Å². The SMILES string of the molecule is O=C(NCc1cn2cc(Cl)ccc2n1)c1cnc(-c2ccccc2F)s1. The van der Waals surface area contributed by atoms with Gasteiger partial charge in [0.15, 0.2) is 0 Å². The molecule has 130 valence electrons. The second-order valence-corrected chi connectivity index (χ2v) is 7.00. The van der Waals surface area contributed by atoms with Crippen molar-refractivity contribution in [3.8, 4) is 10.6 Å². The normalized spacial score (nSPS) is 11.0. The van der Waals surface area contributed by atoms with Crippen LogP contribution in [0.4, 0.5) is 4.39 Å². The Labute approximate surface area is 157 Å². The number of benzene rings is 1. The molecule has 1 aromatic carbocycles. The van der Waals surface area contributed by atoms with Gasteiger partial charge in [-0.2, -0.15) is 0 Å². The molecule has 1 N–H and O–H groups in total. The number of carbonyl (C=O) groups is 1. The number of aromatic nitrogens is 3. The number of nitrogens with zero attached hydrogens (tertiary/aromatic N) is 3. The standard InChI is InChI=1S/C18H12ClFN4OS/c19-11-5-6-16-23-12(10-24(16)9-11)7-21-17(25)15-8-22-18(26-15)13-3-1-2-4-14(13)20/h1-6,8-10H,7H2,(H,21,25). The summed E-state index contributed by atoms with van der Waals surface area (Å²) in [5.41, 5.74) is 1.84. The number of pyridine rings is 1. The molecule has 4 rings (SSSR count). The Hall–Kier alpha value is -2.77. The molecule has 3 aromatic heterocycles. The summed E-state index contributed by atoms with van der Waals surface area (Å²) >= 11 is 7.09. The summed E-state index contributed by atoms with van der Waals surface area (Å²) < 4.78 is 15.6. The monoisotopic (exact) mass is 386 g/mol. The maximum Gasteiger partial charge on any atom is 0.263 e. The molecular formula is C18H12ClFN4OS. The van der Waals surface area contributed by atoms with Crippen LogP contribution < -0.4 is 5.32 Å². The van der Waals surface area contributed by atoms with Crippen LogP contribution in [0.25, 0.3) is 16.2 Å². The highest BCUT2D eigenvalue weighted by atomic mass is 35.5. The molecule has 1 amide bonds. The second-order valence-electron chi connectivity index (χ2n) is 5.54. The quantitative estimate of drug-likeness (QED) is 0.572. The van der Waals surface area contributed by atoms with Crippen molar-refractivity contribution in [1.82, 2.24) is 19.7 Å². The van der Waals surface area contributed by atoms with Crippen LogP contribution in [-0.2, 0) is 6.54 Å². The smallest absolute Gasteiger partial charge is 0.263 e. The predicted molar refractivity (Wildman–Crippen MR) is 98.9 cm³/mol. The van der Waals surface area contributed by atoms with E-state index in [9.17, 15) is 9.18 Å². The van der Waals surface area contributed by atoms with Crippen LogP contribution in [0.1, 0.15) is 15.4 Å². The summed E-state index contributed by atoms with van der Waals surface area (Å²) in [4.78, 5) is 21.3.